The molecular formula is C8H15FN2. The maximum Gasteiger partial charge on any atom is 0.114 e. The Labute approximate surface area is 66.8 Å². The molecule has 2 aliphatic heterocycles. The Hall–Kier alpha value is -0.150. The minimum absolute atomic E-state index is 0.482. The summed E-state index contributed by atoms with van der Waals surface area (Å²) < 4.78 is 12.8. The molecule has 0 radical (unpaired) electrons. The van der Waals surface area contributed by atoms with E-state index in [1.165, 1.54) is 12.8 Å². The highest BCUT2D eigenvalue weighted by molar-refractivity contribution is 4.82. The third kappa shape index (κ3) is 1.54. The maximum atomic E-state index is 12.8. The minimum Gasteiger partial charge on any atom is -0.302 e. The van der Waals surface area contributed by atoms with Gasteiger partial charge < -0.3 is 5.32 Å². The Morgan fingerprint density at radius 3 is 2.82 bits per heavy atom. The predicted molar refractivity (Wildman–Crippen MR) is 42.1 cm³/mol. The van der Waals surface area contributed by atoms with Gasteiger partial charge in [0.2, 0.25) is 0 Å². The lowest BCUT2D eigenvalue weighted by molar-refractivity contribution is 0.206. The molecule has 0 aromatic heterocycles. The zero-order chi connectivity index (χ0) is 7.68. The van der Waals surface area contributed by atoms with Crippen LogP contribution in [0.4, 0.5) is 4.39 Å². The van der Waals surface area contributed by atoms with Crippen LogP contribution in [-0.2, 0) is 0 Å². The second-order valence-corrected chi connectivity index (χ2v) is 3.49. The van der Waals surface area contributed by atoms with Gasteiger partial charge in [-0.2, -0.15) is 0 Å². The maximum absolute atomic E-state index is 12.8. The Morgan fingerprint density at radius 1 is 1.36 bits per heavy atom. The minimum atomic E-state index is -0.572. The Balaban J connectivity index is 1.85. The third-order valence-corrected chi connectivity index (χ3v) is 2.64. The second kappa shape index (κ2) is 3.07. The fourth-order valence-electron chi connectivity index (χ4n) is 2.00. The van der Waals surface area contributed by atoms with E-state index >= 15 is 0 Å². The molecule has 2 unspecified atom stereocenters. The third-order valence-electron chi connectivity index (χ3n) is 2.64. The van der Waals surface area contributed by atoms with Gasteiger partial charge >= 0.3 is 0 Å². The fraction of sp³-hybridized carbons (Fsp3) is 1.00. The quantitative estimate of drug-likeness (QED) is 0.605. The van der Waals surface area contributed by atoms with Gasteiger partial charge in [-0.1, -0.05) is 0 Å². The van der Waals surface area contributed by atoms with Crippen molar-refractivity contribution >= 4 is 0 Å². The van der Waals surface area contributed by atoms with E-state index in [1.807, 2.05) is 0 Å². The summed E-state index contributed by atoms with van der Waals surface area (Å²) in [6.07, 6.45) is 3.09. The lowest BCUT2D eigenvalue weighted by Crippen LogP contribution is -2.40. The van der Waals surface area contributed by atoms with E-state index < -0.39 is 6.17 Å². The Morgan fingerprint density at radius 2 is 2.27 bits per heavy atom. The predicted octanol–water partition coefficient (Wildman–Crippen LogP) is 0.740. The summed E-state index contributed by atoms with van der Waals surface area (Å²) >= 11 is 0. The summed E-state index contributed by atoms with van der Waals surface area (Å²) in [5.74, 6) is 0. The van der Waals surface area contributed by atoms with E-state index in [-0.39, 0.29) is 0 Å². The van der Waals surface area contributed by atoms with Gasteiger partial charge in [-0.05, 0) is 25.8 Å². The molecule has 2 saturated heterocycles. The number of halogens is 1. The molecule has 2 atom stereocenters. The van der Waals surface area contributed by atoms with Gasteiger partial charge in [0, 0.05) is 13.1 Å². The van der Waals surface area contributed by atoms with Gasteiger partial charge in [0.05, 0.1) is 6.17 Å². The first kappa shape index (κ1) is 7.50. The molecule has 2 nitrogen and oxygen atoms in total. The van der Waals surface area contributed by atoms with Crippen LogP contribution in [0.15, 0.2) is 0 Å². The molecule has 64 valence electrons. The molecule has 0 spiro atoms. The number of rotatable bonds is 1. The number of hydrogen-bond donors (Lipinski definition) is 1. The van der Waals surface area contributed by atoms with E-state index in [1.54, 1.807) is 0 Å². The zero-order valence-corrected chi connectivity index (χ0v) is 6.72. The van der Waals surface area contributed by atoms with E-state index in [0.717, 1.165) is 19.5 Å². The van der Waals surface area contributed by atoms with Crippen molar-refractivity contribution in [1.82, 2.24) is 10.2 Å². The summed E-state index contributed by atoms with van der Waals surface area (Å²) in [6.45, 7) is 2.70. The number of hydrogen-bond acceptors (Lipinski definition) is 2. The van der Waals surface area contributed by atoms with Crippen molar-refractivity contribution in [2.45, 2.75) is 31.6 Å². The summed E-state index contributed by atoms with van der Waals surface area (Å²) in [7, 11) is 0. The highest BCUT2D eigenvalue weighted by Gasteiger charge is 2.29. The molecule has 0 saturated carbocycles. The molecule has 2 fully saturated rings. The van der Waals surface area contributed by atoms with Crippen molar-refractivity contribution < 1.29 is 4.39 Å². The normalized spacial score (nSPS) is 40.1. The van der Waals surface area contributed by atoms with E-state index in [4.69, 9.17) is 0 Å². The van der Waals surface area contributed by atoms with Crippen LogP contribution in [0.2, 0.25) is 0 Å². The van der Waals surface area contributed by atoms with Gasteiger partial charge in [0.15, 0.2) is 0 Å². The van der Waals surface area contributed by atoms with E-state index in [2.05, 4.69) is 10.2 Å². The van der Waals surface area contributed by atoms with Gasteiger partial charge in [-0.3, -0.25) is 4.90 Å². The molecule has 11 heavy (non-hydrogen) atoms. The number of nitrogens with one attached hydrogen (secondary N) is 1. The molecule has 3 heteroatoms. The van der Waals surface area contributed by atoms with Crippen molar-refractivity contribution in [2.75, 3.05) is 19.6 Å². The summed E-state index contributed by atoms with van der Waals surface area (Å²) in [6, 6.07) is 0. The Kier molecular flexibility index (Phi) is 2.09. The molecule has 0 bridgehead atoms. The monoisotopic (exact) mass is 158 g/mol. The molecular weight excluding hydrogens is 143 g/mol. The van der Waals surface area contributed by atoms with E-state index in [0.29, 0.717) is 12.7 Å². The first-order valence-corrected chi connectivity index (χ1v) is 4.48. The second-order valence-electron chi connectivity index (χ2n) is 3.49. The highest BCUT2D eigenvalue weighted by atomic mass is 19.1. The van der Waals surface area contributed by atoms with E-state index in [9.17, 15) is 4.39 Å². The van der Waals surface area contributed by atoms with Crippen molar-refractivity contribution in [3.63, 3.8) is 0 Å². The molecule has 2 aliphatic rings. The smallest absolute Gasteiger partial charge is 0.114 e. The van der Waals surface area contributed by atoms with Crippen LogP contribution in [-0.4, -0.2) is 36.9 Å². The summed E-state index contributed by atoms with van der Waals surface area (Å²) in [4.78, 5) is 2.23. The Bertz CT molecular complexity index is 134. The van der Waals surface area contributed by atoms with Crippen molar-refractivity contribution in [3.8, 4) is 0 Å². The lowest BCUT2D eigenvalue weighted by Gasteiger charge is -2.22. The van der Waals surface area contributed by atoms with Crippen LogP contribution in [0.5, 0.6) is 0 Å². The van der Waals surface area contributed by atoms with Crippen LogP contribution < -0.4 is 5.32 Å². The average Bonchev–Trinajstić information content (AvgIpc) is 2.55. The van der Waals surface area contributed by atoms with Crippen LogP contribution in [0.25, 0.3) is 0 Å². The largest absolute Gasteiger partial charge is 0.302 e. The van der Waals surface area contributed by atoms with Crippen LogP contribution >= 0.6 is 0 Å². The van der Waals surface area contributed by atoms with Gasteiger partial charge in [0.1, 0.15) is 6.17 Å². The molecule has 0 amide bonds. The summed E-state index contributed by atoms with van der Waals surface area (Å²) in [5, 5.41) is 3.38. The first-order chi connectivity index (χ1) is 5.36. The zero-order valence-electron chi connectivity index (χ0n) is 6.72. The highest BCUT2D eigenvalue weighted by Crippen LogP contribution is 2.18. The van der Waals surface area contributed by atoms with Gasteiger partial charge in [-0.15, -0.1) is 0 Å². The van der Waals surface area contributed by atoms with Crippen LogP contribution in [0, 0.1) is 0 Å². The summed E-state index contributed by atoms with van der Waals surface area (Å²) in [5.41, 5.74) is 0. The molecule has 0 aromatic carbocycles. The average molecular weight is 158 g/mol. The molecule has 0 aromatic rings. The van der Waals surface area contributed by atoms with Crippen molar-refractivity contribution in [2.24, 2.45) is 0 Å². The van der Waals surface area contributed by atoms with Crippen molar-refractivity contribution in [3.05, 3.63) is 0 Å². The number of likely N-dealkylation sites (tertiary alicyclic amines) is 1. The number of nitrogens with zero attached hydrogens (tertiary/aromatic N) is 1. The standard InChI is InChI=1S/C8H15FN2/c9-7-3-5-11(6-7)8-2-1-4-10-8/h7-8,10H,1-6H2. The SMILES string of the molecule is FC1CCN(C2CCCN2)C1. The molecule has 2 heterocycles. The topological polar surface area (TPSA) is 15.3 Å². The molecule has 1 N–H and O–H groups in total. The molecule has 2 rings (SSSR count). The van der Waals surface area contributed by atoms with Gasteiger partial charge in [0.25, 0.3) is 0 Å². The van der Waals surface area contributed by atoms with Crippen LogP contribution in [0.3, 0.4) is 0 Å². The molecule has 0 aliphatic carbocycles. The fourth-order valence-corrected chi connectivity index (χ4v) is 2.00. The first-order valence-electron chi connectivity index (χ1n) is 4.48. The number of alkyl halides is 1. The lowest BCUT2D eigenvalue weighted by atomic mass is 10.3. The van der Waals surface area contributed by atoms with Gasteiger partial charge in [-0.25, -0.2) is 4.39 Å². The van der Waals surface area contributed by atoms with Crippen LogP contribution in [0.1, 0.15) is 19.3 Å². The van der Waals surface area contributed by atoms with Crippen molar-refractivity contribution in [1.29, 1.82) is 0 Å².